The van der Waals surface area contributed by atoms with Crippen LogP contribution in [0, 0.1) is 0 Å². The lowest BCUT2D eigenvalue weighted by molar-refractivity contribution is 0.198. The lowest BCUT2D eigenvalue weighted by atomic mass is 9.87. The van der Waals surface area contributed by atoms with E-state index in [1.807, 2.05) is 12.1 Å². The minimum atomic E-state index is 0.477. The Hall–Kier alpha value is -0.550. The molecule has 1 N–H and O–H groups in total. The highest BCUT2D eigenvalue weighted by Crippen LogP contribution is 2.30. The smallest absolute Gasteiger partial charge is 0.119 e. The van der Waals surface area contributed by atoms with Gasteiger partial charge in [-0.15, -0.1) is 0 Å². The van der Waals surface area contributed by atoms with E-state index in [9.17, 15) is 5.11 Å². The predicted octanol–water partition coefficient (Wildman–Crippen LogP) is 3.91. The molecule has 1 aromatic carbocycles. The van der Waals surface area contributed by atoms with Crippen LogP contribution in [0.5, 0.6) is 5.75 Å². The summed E-state index contributed by atoms with van der Waals surface area (Å²) in [6.45, 7) is 4.43. The first-order valence-electron chi connectivity index (χ1n) is 7.05. The highest BCUT2D eigenvalue weighted by atomic mass is 125. The molecule has 0 radical (unpaired) electrons. The van der Waals surface area contributed by atoms with Crippen LogP contribution in [0.1, 0.15) is 30.9 Å². The molecule has 0 bridgehead atoms. The van der Waals surface area contributed by atoms with E-state index in [2.05, 4.69) is 50.6 Å². The third-order valence-electron chi connectivity index (χ3n) is 3.89. The zero-order valence-corrected chi connectivity index (χ0v) is 13.6. The van der Waals surface area contributed by atoms with Gasteiger partial charge in [-0.2, -0.15) is 0 Å². The molecule has 0 aromatic heterocycles. The van der Waals surface area contributed by atoms with Crippen molar-refractivity contribution in [1.82, 2.24) is 4.90 Å². The average Bonchev–Trinajstić information content (AvgIpc) is 2.43. The second-order valence-electron chi connectivity index (χ2n) is 5.17. The molecule has 1 atom stereocenters. The lowest BCUT2D eigenvalue weighted by Gasteiger charge is -2.34. The zero-order chi connectivity index (χ0) is 13.7. The molecule has 0 saturated heterocycles. The van der Waals surface area contributed by atoms with Crippen LogP contribution in [-0.4, -0.2) is 29.1 Å². The Labute approximate surface area is 129 Å². The van der Waals surface area contributed by atoms with Crippen molar-refractivity contribution in [3.05, 3.63) is 39.5 Å². The summed E-state index contributed by atoms with van der Waals surface area (Å²) in [4.78, 5) is 2.57. The number of benzene rings is 1. The fourth-order valence-electron chi connectivity index (χ4n) is 2.96. The molecule has 0 fully saturated rings. The van der Waals surface area contributed by atoms with Gasteiger partial charge < -0.3 is 5.11 Å². The van der Waals surface area contributed by atoms with Crippen LogP contribution in [0.25, 0.3) is 0 Å². The topological polar surface area (TPSA) is 23.5 Å². The van der Waals surface area contributed by atoms with Crippen LogP contribution < -0.4 is 0 Å². The van der Waals surface area contributed by atoms with Crippen LogP contribution in [0.3, 0.4) is 0 Å². The molecule has 2 nitrogen and oxygen atoms in total. The van der Waals surface area contributed by atoms with E-state index in [1.54, 1.807) is 0 Å². The molecular weight excluding hydrogens is 347 g/mol. The summed E-state index contributed by atoms with van der Waals surface area (Å²) < 4.78 is 2.10. The van der Waals surface area contributed by atoms with Crippen LogP contribution in [-0.2, 0) is 12.8 Å². The van der Waals surface area contributed by atoms with Crippen molar-refractivity contribution >= 4 is 22.6 Å². The molecule has 3 heteroatoms. The molecule has 0 amide bonds. The van der Waals surface area contributed by atoms with Gasteiger partial charge in [0, 0.05) is 12.6 Å². The number of phenols is 1. The quantitative estimate of drug-likeness (QED) is 0.796. The number of hydrogen-bond donors (Lipinski definition) is 1. The molecule has 0 saturated carbocycles. The zero-order valence-electron chi connectivity index (χ0n) is 11.5. The summed E-state index contributed by atoms with van der Waals surface area (Å²) in [5.41, 5.74) is 2.50. The van der Waals surface area contributed by atoms with E-state index in [4.69, 9.17) is 0 Å². The van der Waals surface area contributed by atoms with Crippen molar-refractivity contribution in [1.29, 1.82) is 0 Å². The number of aromatic hydroxyl groups is 1. The Morgan fingerprint density at radius 3 is 3.05 bits per heavy atom. The maximum atomic E-state index is 9.90. The van der Waals surface area contributed by atoms with Crippen molar-refractivity contribution in [3.8, 4) is 5.75 Å². The first-order chi connectivity index (χ1) is 9.26. The van der Waals surface area contributed by atoms with E-state index in [0.29, 0.717) is 11.8 Å². The number of halogens is 1. The van der Waals surface area contributed by atoms with E-state index < -0.39 is 0 Å². The SMILES string of the molecule is CCCN(C/C=C/[125I])C1CCc2c(O)cccc2C1. The van der Waals surface area contributed by atoms with Crippen molar-refractivity contribution in [3.63, 3.8) is 0 Å². The summed E-state index contributed by atoms with van der Waals surface area (Å²) in [6, 6.07) is 6.55. The highest BCUT2D eigenvalue weighted by molar-refractivity contribution is 14.1. The largest absolute Gasteiger partial charge is 0.508 e. The Morgan fingerprint density at radius 2 is 2.32 bits per heavy atom. The second-order valence-corrected chi connectivity index (χ2v) is 5.89. The summed E-state index contributed by atoms with van der Waals surface area (Å²) in [5, 5.41) is 9.90. The van der Waals surface area contributed by atoms with Gasteiger partial charge in [-0.3, -0.25) is 4.90 Å². The van der Waals surface area contributed by atoms with Crippen LogP contribution in [0.4, 0.5) is 0 Å². The van der Waals surface area contributed by atoms with Gasteiger partial charge in [0.1, 0.15) is 5.75 Å². The molecule has 19 heavy (non-hydrogen) atoms. The van der Waals surface area contributed by atoms with Gasteiger partial charge in [0.15, 0.2) is 0 Å². The normalized spacial score (nSPS) is 19.0. The molecule has 104 valence electrons. The maximum Gasteiger partial charge on any atom is 0.119 e. The first kappa shape index (κ1) is 14.9. The van der Waals surface area contributed by atoms with Gasteiger partial charge in [0.25, 0.3) is 0 Å². The molecular formula is C16H22INO. The van der Waals surface area contributed by atoms with Crippen molar-refractivity contribution < 1.29 is 5.11 Å². The highest BCUT2D eigenvalue weighted by Gasteiger charge is 2.24. The van der Waals surface area contributed by atoms with Crippen LogP contribution in [0.15, 0.2) is 28.4 Å². The second kappa shape index (κ2) is 7.29. The number of rotatable bonds is 5. The standard InChI is InChI=1S/C16H22INO/c1-2-10-18(11-4-9-17)14-7-8-15-13(12-14)5-3-6-16(15)19/h3-6,9,14,19H,2,7-8,10-12H2,1H3/b9-4+/i17-2. The van der Waals surface area contributed by atoms with Crippen molar-refractivity contribution in [2.24, 2.45) is 0 Å². The van der Waals surface area contributed by atoms with Crippen molar-refractivity contribution in [2.75, 3.05) is 13.1 Å². The minimum Gasteiger partial charge on any atom is -0.508 e. The fourth-order valence-corrected chi connectivity index (χ4v) is 3.19. The molecule has 2 rings (SSSR count). The Balaban J connectivity index is 2.10. The van der Waals surface area contributed by atoms with Gasteiger partial charge >= 0.3 is 0 Å². The number of hydrogen-bond acceptors (Lipinski definition) is 2. The molecule has 1 aromatic rings. The monoisotopic (exact) mass is 369 g/mol. The molecule has 1 unspecified atom stereocenters. The molecule has 0 heterocycles. The molecule has 1 aliphatic carbocycles. The van der Waals surface area contributed by atoms with Gasteiger partial charge in [-0.25, -0.2) is 0 Å². The Kier molecular flexibility index (Phi) is 5.70. The van der Waals surface area contributed by atoms with Gasteiger partial charge in [0.05, 0.1) is 0 Å². The van der Waals surface area contributed by atoms with Gasteiger partial charge in [0.2, 0.25) is 0 Å². The molecule has 0 spiro atoms. The summed E-state index contributed by atoms with van der Waals surface area (Å²) in [5.74, 6) is 0.477. The summed E-state index contributed by atoms with van der Waals surface area (Å²) >= 11 is 2.28. The fraction of sp³-hybridized carbons (Fsp3) is 0.500. The third-order valence-corrected chi connectivity index (χ3v) is 4.40. The van der Waals surface area contributed by atoms with Gasteiger partial charge in [-0.05, 0) is 53.5 Å². The number of phenolic OH excluding ortho intramolecular Hbond substituents is 1. The molecule has 1 aliphatic rings. The third kappa shape index (κ3) is 3.72. The minimum absolute atomic E-state index is 0.477. The van der Waals surface area contributed by atoms with Crippen LogP contribution in [0.2, 0.25) is 0 Å². The molecule has 0 aliphatic heterocycles. The Morgan fingerprint density at radius 1 is 1.47 bits per heavy atom. The first-order valence-corrected chi connectivity index (χ1v) is 8.29. The van der Waals surface area contributed by atoms with Crippen LogP contribution >= 0.6 is 22.6 Å². The number of nitrogens with zero attached hydrogens (tertiary/aromatic N) is 1. The lowest BCUT2D eigenvalue weighted by Crippen LogP contribution is -2.40. The van der Waals surface area contributed by atoms with E-state index in [-0.39, 0.29) is 0 Å². The van der Waals surface area contributed by atoms with E-state index in [0.717, 1.165) is 32.4 Å². The predicted molar refractivity (Wildman–Crippen MR) is 88.9 cm³/mol. The van der Waals surface area contributed by atoms with E-state index in [1.165, 1.54) is 17.5 Å². The van der Waals surface area contributed by atoms with Gasteiger partial charge in [-0.1, -0.05) is 47.7 Å². The summed E-state index contributed by atoms with van der Waals surface area (Å²) in [7, 11) is 0. The van der Waals surface area contributed by atoms with Crippen molar-refractivity contribution in [2.45, 2.75) is 38.6 Å². The Bertz CT molecular complexity index is 444. The number of fused-ring (bicyclic) bond motifs is 1. The summed E-state index contributed by atoms with van der Waals surface area (Å²) in [6.07, 6.45) is 6.64. The average molecular weight is 369 g/mol. The van der Waals surface area contributed by atoms with E-state index >= 15 is 0 Å². The maximum absolute atomic E-state index is 9.90.